The van der Waals surface area contributed by atoms with Crippen molar-refractivity contribution in [3.05, 3.63) is 23.8 Å². The second-order valence-corrected chi connectivity index (χ2v) is 5.57. The topological polar surface area (TPSA) is 38.0 Å². The fourth-order valence-corrected chi connectivity index (χ4v) is 2.39. The first-order valence-electron chi connectivity index (χ1n) is 6.52. The van der Waals surface area contributed by atoms with Crippen molar-refractivity contribution in [2.45, 2.75) is 34.6 Å². The summed E-state index contributed by atoms with van der Waals surface area (Å²) in [5.41, 5.74) is 9.16. The lowest BCUT2D eigenvalue weighted by atomic mass is 9.85. The zero-order valence-electron chi connectivity index (χ0n) is 11.7. The number of anilines is 2. The Bertz CT molecular complexity index is 328. The van der Waals surface area contributed by atoms with Crippen LogP contribution in [0.4, 0.5) is 11.4 Å². The van der Waals surface area contributed by atoms with E-state index < -0.39 is 0 Å². The van der Waals surface area contributed by atoms with E-state index in [1.54, 1.807) is 0 Å². The van der Waals surface area contributed by atoms with Crippen molar-refractivity contribution >= 4 is 11.4 Å². The van der Waals surface area contributed by atoms with Gasteiger partial charge in [-0.25, -0.2) is 0 Å². The van der Waals surface area contributed by atoms with E-state index in [9.17, 15) is 0 Å². The van der Waals surface area contributed by atoms with Gasteiger partial charge >= 0.3 is 0 Å². The predicted octanol–water partition coefficient (Wildman–Crippen LogP) is 3.92. The van der Waals surface area contributed by atoms with Crippen LogP contribution in [-0.2, 0) is 0 Å². The van der Waals surface area contributed by atoms with Crippen molar-refractivity contribution in [3.8, 4) is 0 Å². The molecule has 1 aromatic carbocycles. The van der Waals surface area contributed by atoms with Gasteiger partial charge < -0.3 is 11.1 Å². The number of nitrogens with one attached hydrogen (secondary N) is 1. The Labute approximate surface area is 106 Å². The van der Waals surface area contributed by atoms with Crippen molar-refractivity contribution < 1.29 is 0 Å². The molecule has 0 unspecified atom stereocenters. The van der Waals surface area contributed by atoms with Crippen LogP contribution in [0.25, 0.3) is 0 Å². The second kappa shape index (κ2) is 5.95. The highest BCUT2D eigenvalue weighted by Crippen LogP contribution is 2.26. The third-order valence-electron chi connectivity index (χ3n) is 3.53. The van der Waals surface area contributed by atoms with Crippen LogP contribution in [0.2, 0.25) is 0 Å². The van der Waals surface area contributed by atoms with Gasteiger partial charge in [-0.1, -0.05) is 39.8 Å². The SMILES string of the molecule is Cc1cccc(N)c1NCC(C(C)C)C(C)C. The minimum Gasteiger partial charge on any atom is -0.397 e. The Hall–Kier alpha value is -1.18. The lowest BCUT2D eigenvalue weighted by Gasteiger charge is -2.26. The summed E-state index contributed by atoms with van der Waals surface area (Å²) in [6.07, 6.45) is 0. The van der Waals surface area contributed by atoms with E-state index in [0.717, 1.165) is 17.9 Å². The highest BCUT2D eigenvalue weighted by molar-refractivity contribution is 5.69. The van der Waals surface area contributed by atoms with Crippen LogP contribution in [0, 0.1) is 24.7 Å². The van der Waals surface area contributed by atoms with Gasteiger partial charge in [0.2, 0.25) is 0 Å². The molecule has 0 bridgehead atoms. The fraction of sp³-hybridized carbons (Fsp3) is 0.600. The molecule has 0 fully saturated rings. The molecule has 2 heteroatoms. The molecule has 0 amide bonds. The van der Waals surface area contributed by atoms with Gasteiger partial charge in [0.15, 0.2) is 0 Å². The predicted molar refractivity (Wildman–Crippen MR) is 77.2 cm³/mol. The van der Waals surface area contributed by atoms with Crippen LogP contribution in [0.5, 0.6) is 0 Å². The van der Waals surface area contributed by atoms with Crippen molar-refractivity contribution in [1.82, 2.24) is 0 Å². The van der Waals surface area contributed by atoms with Gasteiger partial charge in [0.05, 0.1) is 11.4 Å². The smallest absolute Gasteiger partial charge is 0.0603 e. The van der Waals surface area contributed by atoms with Crippen molar-refractivity contribution in [2.24, 2.45) is 17.8 Å². The lowest BCUT2D eigenvalue weighted by Crippen LogP contribution is -2.25. The summed E-state index contributed by atoms with van der Waals surface area (Å²) in [7, 11) is 0. The second-order valence-electron chi connectivity index (χ2n) is 5.57. The highest BCUT2D eigenvalue weighted by Gasteiger charge is 2.17. The molecule has 0 aromatic heterocycles. The van der Waals surface area contributed by atoms with Crippen molar-refractivity contribution in [2.75, 3.05) is 17.6 Å². The van der Waals surface area contributed by atoms with Crippen LogP contribution in [0.1, 0.15) is 33.3 Å². The van der Waals surface area contributed by atoms with Crippen LogP contribution in [-0.4, -0.2) is 6.54 Å². The van der Waals surface area contributed by atoms with E-state index in [2.05, 4.69) is 46.0 Å². The maximum absolute atomic E-state index is 6.00. The molecule has 1 rings (SSSR count). The molecule has 2 nitrogen and oxygen atoms in total. The van der Waals surface area contributed by atoms with Crippen molar-refractivity contribution in [3.63, 3.8) is 0 Å². The van der Waals surface area contributed by atoms with Crippen LogP contribution in [0.3, 0.4) is 0 Å². The highest BCUT2D eigenvalue weighted by atomic mass is 14.9. The summed E-state index contributed by atoms with van der Waals surface area (Å²) in [5.74, 6) is 2.05. The molecule has 0 saturated carbocycles. The van der Waals surface area contributed by atoms with Gasteiger partial charge in [0.25, 0.3) is 0 Å². The first-order valence-corrected chi connectivity index (χ1v) is 6.52. The van der Waals surface area contributed by atoms with Crippen LogP contribution in [0.15, 0.2) is 18.2 Å². The molecule has 0 aliphatic rings. The molecule has 1 aromatic rings. The zero-order valence-corrected chi connectivity index (χ0v) is 11.7. The van der Waals surface area contributed by atoms with Gasteiger partial charge in [0.1, 0.15) is 0 Å². The Morgan fingerprint density at radius 2 is 1.71 bits per heavy atom. The van der Waals surface area contributed by atoms with Gasteiger partial charge in [-0.2, -0.15) is 0 Å². The Morgan fingerprint density at radius 1 is 1.12 bits per heavy atom. The normalized spacial score (nSPS) is 11.5. The van der Waals surface area contributed by atoms with Crippen LogP contribution >= 0.6 is 0 Å². The molecule has 0 radical (unpaired) electrons. The Balaban J connectivity index is 2.72. The van der Waals surface area contributed by atoms with E-state index >= 15 is 0 Å². The molecule has 0 atom stereocenters. The molecule has 96 valence electrons. The maximum Gasteiger partial charge on any atom is 0.0603 e. The molecule has 17 heavy (non-hydrogen) atoms. The summed E-state index contributed by atoms with van der Waals surface area (Å²) < 4.78 is 0. The molecule has 3 N–H and O–H groups in total. The molecule has 0 aliphatic heterocycles. The third kappa shape index (κ3) is 3.65. The van der Waals surface area contributed by atoms with Gasteiger partial charge in [0, 0.05) is 6.54 Å². The number of nitrogen functional groups attached to an aromatic ring is 1. The van der Waals surface area contributed by atoms with Crippen LogP contribution < -0.4 is 11.1 Å². The van der Waals surface area contributed by atoms with E-state index in [1.165, 1.54) is 5.56 Å². The minimum absolute atomic E-state index is 0.675. The molecule has 0 aliphatic carbocycles. The standard InChI is InChI=1S/C15H26N2/c1-10(2)13(11(3)4)9-17-15-12(5)7-6-8-14(15)16/h6-8,10-11,13,17H,9,16H2,1-5H3. The van der Waals surface area contributed by atoms with Gasteiger partial charge in [-0.05, 0) is 36.3 Å². The first-order chi connectivity index (χ1) is 7.93. The minimum atomic E-state index is 0.675. The fourth-order valence-electron chi connectivity index (χ4n) is 2.39. The summed E-state index contributed by atoms with van der Waals surface area (Å²) >= 11 is 0. The average Bonchev–Trinajstić information content (AvgIpc) is 2.21. The van der Waals surface area contributed by atoms with Gasteiger partial charge in [-0.15, -0.1) is 0 Å². The van der Waals surface area contributed by atoms with Crippen molar-refractivity contribution in [1.29, 1.82) is 0 Å². The summed E-state index contributed by atoms with van der Waals surface area (Å²) in [6.45, 7) is 12.2. The first kappa shape index (κ1) is 13.9. The average molecular weight is 234 g/mol. The molecule has 0 heterocycles. The summed E-state index contributed by atoms with van der Waals surface area (Å²) in [6, 6.07) is 6.05. The Kier molecular flexibility index (Phi) is 4.86. The maximum atomic E-state index is 6.00. The van der Waals surface area contributed by atoms with Gasteiger partial charge in [-0.3, -0.25) is 0 Å². The lowest BCUT2D eigenvalue weighted by molar-refractivity contribution is 0.304. The summed E-state index contributed by atoms with van der Waals surface area (Å²) in [4.78, 5) is 0. The monoisotopic (exact) mass is 234 g/mol. The number of aryl methyl sites for hydroxylation is 1. The van der Waals surface area contributed by atoms with E-state index in [4.69, 9.17) is 5.73 Å². The molecule has 0 spiro atoms. The quantitative estimate of drug-likeness (QED) is 0.758. The van der Waals surface area contributed by atoms with E-state index in [0.29, 0.717) is 17.8 Å². The number of para-hydroxylation sites is 1. The third-order valence-corrected chi connectivity index (χ3v) is 3.53. The number of benzene rings is 1. The molecule has 0 saturated heterocycles. The zero-order chi connectivity index (χ0) is 13.0. The number of hydrogen-bond donors (Lipinski definition) is 2. The number of nitrogens with two attached hydrogens (primary N) is 1. The van der Waals surface area contributed by atoms with E-state index in [-0.39, 0.29) is 0 Å². The number of rotatable bonds is 5. The number of hydrogen-bond acceptors (Lipinski definition) is 2. The van der Waals surface area contributed by atoms with E-state index in [1.807, 2.05) is 12.1 Å². The molecular weight excluding hydrogens is 208 g/mol. The molecular formula is C15H26N2. The Morgan fingerprint density at radius 3 is 2.18 bits per heavy atom. The summed E-state index contributed by atoms with van der Waals surface area (Å²) in [5, 5.41) is 3.52. The largest absolute Gasteiger partial charge is 0.397 e.